The van der Waals surface area contributed by atoms with Crippen molar-refractivity contribution in [3.8, 4) is 22.3 Å². The van der Waals surface area contributed by atoms with Crippen LogP contribution in [-0.4, -0.2) is 6.71 Å². The Morgan fingerprint density at radius 3 is 1.81 bits per heavy atom. The number of hydrogen-bond donors (Lipinski definition) is 0. The first-order valence-electron chi connectivity index (χ1n) is 23.0. The summed E-state index contributed by atoms with van der Waals surface area (Å²) in [4.78, 5) is 5.16. The van der Waals surface area contributed by atoms with Crippen molar-refractivity contribution in [1.82, 2.24) is 0 Å². The second-order valence-electron chi connectivity index (χ2n) is 20.0. The summed E-state index contributed by atoms with van der Waals surface area (Å²) >= 11 is 2.00. The molecule has 2 aliphatic carbocycles. The second-order valence-corrected chi connectivity index (χ2v) is 21.1. The standard InChI is InChI=1S/C60H49BN2S/c1-35(2)38-22-29-44-45-34-55-46(33-50(45)60(49(44)32-38)47-16-10-8-14-42(47)43-15-9-11-17-48(43)60)57-58(64-55)61-51-18-12-13-19-52(51)62(40-25-20-36(3)21-26-40)53-30-37(4)31-54(56(53)61)63(57)41-27-23-39(24-28-41)59(5,6)7/h8-35H,1-7H3. The lowest BCUT2D eigenvalue weighted by molar-refractivity contribution is 0.590. The van der Waals surface area contributed by atoms with Gasteiger partial charge in [-0.3, -0.25) is 0 Å². The van der Waals surface area contributed by atoms with E-state index in [0.717, 1.165) is 0 Å². The number of rotatable bonds is 3. The van der Waals surface area contributed by atoms with Gasteiger partial charge in [-0.05, 0) is 152 Å². The van der Waals surface area contributed by atoms with Crippen LogP contribution in [0.2, 0.25) is 0 Å². The van der Waals surface area contributed by atoms with Gasteiger partial charge in [0.25, 0.3) is 6.71 Å². The van der Waals surface area contributed by atoms with E-state index in [0.29, 0.717) is 5.92 Å². The van der Waals surface area contributed by atoms with Crippen LogP contribution in [-0.2, 0) is 10.8 Å². The van der Waals surface area contributed by atoms with E-state index in [1.807, 2.05) is 11.3 Å². The molecule has 4 heteroatoms. The molecule has 2 nitrogen and oxygen atoms in total. The zero-order valence-corrected chi connectivity index (χ0v) is 38.4. The van der Waals surface area contributed by atoms with Crippen molar-refractivity contribution in [2.45, 2.75) is 65.2 Å². The van der Waals surface area contributed by atoms with Gasteiger partial charge in [0.15, 0.2) is 0 Å². The monoisotopic (exact) mass is 840 g/mol. The van der Waals surface area contributed by atoms with Crippen molar-refractivity contribution < 1.29 is 0 Å². The minimum absolute atomic E-state index is 0.0414. The van der Waals surface area contributed by atoms with Crippen LogP contribution in [0.1, 0.15) is 85.0 Å². The maximum Gasteiger partial charge on any atom is 0.264 e. The molecule has 0 fully saturated rings. The molecular weight excluding hydrogens is 792 g/mol. The van der Waals surface area contributed by atoms with Crippen molar-refractivity contribution in [1.29, 1.82) is 0 Å². The summed E-state index contributed by atoms with van der Waals surface area (Å²) in [6.07, 6.45) is 0. The highest BCUT2D eigenvalue weighted by Crippen LogP contribution is 2.64. The fourth-order valence-electron chi connectivity index (χ4n) is 11.9. The van der Waals surface area contributed by atoms with Crippen LogP contribution in [0.15, 0.2) is 164 Å². The number of nitrogens with zero attached hydrogens (tertiary/aromatic N) is 2. The van der Waals surface area contributed by atoms with E-state index in [2.05, 4.69) is 222 Å². The highest BCUT2D eigenvalue weighted by Gasteiger charge is 2.53. The molecule has 64 heavy (non-hydrogen) atoms. The lowest BCUT2D eigenvalue weighted by Gasteiger charge is -2.43. The van der Waals surface area contributed by atoms with E-state index in [1.165, 1.54) is 127 Å². The van der Waals surface area contributed by atoms with E-state index in [4.69, 9.17) is 0 Å². The summed E-state index contributed by atoms with van der Waals surface area (Å²) in [6.45, 7) is 16.1. The molecule has 0 atom stereocenters. The van der Waals surface area contributed by atoms with Gasteiger partial charge in [-0.15, -0.1) is 11.3 Å². The Balaban J connectivity index is 1.15. The number of aryl methyl sites for hydroxylation is 2. The van der Waals surface area contributed by atoms with Crippen LogP contribution in [0.25, 0.3) is 32.3 Å². The van der Waals surface area contributed by atoms with E-state index < -0.39 is 5.41 Å². The molecule has 0 bridgehead atoms. The Kier molecular flexibility index (Phi) is 7.83. The zero-order chi connectivity index (χ0) is 43.4. The largest absolute Gasteiger partial charge is 0.311 e. The van der Waals surface area contributed by atoms with Gasteiger partial charge in [0.05, 0.1) is 11.1 Å². The van der Waals surface area contributed by atoms with Gasteiger partial charge in [0.2, 0.25) is 0 Å². The fourth-order valence-corrected chi connectivity index (χ4v) is 13.3. The quantitative estimate of drug-likeness (QED) is 0.164. The predicted molar refractivity (Wildman–Crippen MR) is 274 cm³/mol. The second kappa shape index (κ2) is 13.2. The first-order valence-corrected chi connectivity index (χ1v) is 23.8. The molecule has 13 rings (SSSR count). The number of fused-ring (bicyclic) bond motifs is 16. The maximum absolute atomic E-state index is 2.64. The summed E-state index contributed by atoms with van der Waals surface area (Å²) in [5, 5.41) is 1.32. The van der Waals surface area contributed by atoms with Gasteiger partial charge in [-0.1, -0.05) is 149 Å². The Labute approximate surface area is 381 Å². The lowest BCUT2D eigenvalue weighted by Crippen LogP contribution is -2.60. The molecule has 8 aromatic carbocycles. The molecule has 0 saturated carbocycles. The molecule has 0 amide bonds. The van der Waals surface area contributed by atoms with Crippen LogP contribution in [0.5, 0.6) is 0 Å². The molecule has 4 aliphatic rings. The Morgan fingerprint density at radius 2 is 1.12 bits per heavy atom. The smallest absolute Gasteiger partial charge is 0.264 e. The number of anilines is 6. The molecule has 0 radical (unpaired) electrons. The van der Waals surface area contributed by atoms with Crippen molar-refractivity contribution in [2.75, 3.05) is 9.80 Å². The molecule has 3 heterocycles. The SMILES string of the molecule is Cc1ccc(N2c3ccccc3B3c4sc5cc6c(cc5c4N(c4ccc(C(C)(C)C)cc4)c4cc(C)cc2c43)C2(c3ccccc3-c3ccccc32)c2cc(C(C)C)ccc2-6)cc1. The molecule has 0 N–H and O–H groups in total. The van der Waals surface area contributed by atoms with Gasteiger partial charge in [0, 0.05) is 43.3 Å². The Hall–Kier alpha value is -6.62. The molecule has 308 valence electrons. The average molecular weight is 841 g/mol. The first kappa shape index (κ1) is 37.9. The van der Waals surface area contributed by atoms with E-state index in [-0.39, 0.29) is 12.1 Å². The minimum atomic E-state index is -0.437. The topological polar surface area (TPSA) is 6.48 Å². The van der Waals surface area contributed by atoms with Gasteiger partial charge in [-0.2, -0.15) is 0 Å². The third-order valence-corrected chi connectivity index (χ3v) is 16.1. The van der Waals surface area contributed by atoms with E-state index >= 15 is 0 Å². The van der Waals surface area contributed by atoms with Gasteiger partial charge in [0.1, 0.15) is 0 Å². The molecule has 1 spiro atoms. The number of benzene rings is 8. The summed E-state index contributed by atoms with van der Waals surface area (Å²) in [6, 6.07) is 63.6. The lowest BCUT2D eigenvalue weighted by atomic mass is 9.36. The third-order valence-electron chi connectivity index (χ3n) is 14.9. The van der Waals surface area contributed by atoms with E-state index in [1.54, 1.807) is 0 Å². The highest BCUT2D eigenvalue weighted by molar-refractivity contribution is 7.33. The third kappa shape index (κ3) is 4.98. The molecule has 2 aliphatic heterocycles. The van der Waals surface area contributed by atoms with Crippen molar-refractivity contribution in [3.63, 3.8) is 0 Å². The molecule has 0 saturated heterocycles. The maximum atomic E-state index is 2.64. The summed E-state index contributed by atoms with van der Waals surface area (Å²) in [5.74, 6) is 0.417. The number of para-hydroxylation sites is 1. The minimum Gasteiger partial charge on any atom is -0.311 e. The summed E-state index contributed by atoms with van der Waals surface area (Å²) in [5.41, 5.74) is 26.0. The van der Waals surface area contributed by atoms with Crippen molar-refractivity contribution in [3.05, 3.63) is 208 Å². The van der Waals surface area contributed by atoms with Gasteiger partial charge < -0.3 is 9.80 Å². The van der Waals surface area contributed by atoms with Crippen LogP contribution >= 0.6 is 11.3 Å². The highest BCUT2D eigenvalue weighted by atomic mass is 32.1. The number of thiophene rings is 1. The van der Waals surface area contributed by atoms with Crippen LogP contribution in [0, 0.1) is 13.8 Å². The average Bonchev–Trinajstić information content (AvgIpc) is 3.91. The zero-order valence-electron chi connectivity index (χ0n) is 37.5. The first-order chi connectivity index (χ1) is 31.0. The van der Waals surface area contributed by atoms with Crippen LogP contribution in [0.3, 0.4) is 0 Å². The molecular formula is C60H49BN2S. The molecule has 0 unspecified atom stereocenters. The van der Waals surface area contributed by atoms with Crippen LogP contribution in [0.4, 0.5) is 34.1 Å². The normalized spacial score (nSPS) is 14.7. The molecule has 1 aromatic heterocycles. The van der Waals surface area contributed by atoms with Gasteiger partial charge >= 0.3 is 0 Å². The predicted octanol–water partition coefficient (Wildman–Crippen LogP) is 14.4. The van der Waals surface area contributed by atoms with Crippen molar-refractivity contribution in [2.24, 2.45) is 0 Å². The summed E-state index contributed by atoms with van der Waals surface area (Å²) < 4.78 is 2.74. The van der Waals surface area contributed by atoms with Crippen LogP contribution < -0.4 is 25.5 Å². The number of hydrogen-bond acceptors (Lipinski definition) is 3. The van der Waals surface area contributed by atoms with E-state index in [9.17, 15) is 0 Å². The Morgan fingerprint density at radius 1 is 0.531 bits per heavy atom. The fraction of sp³-hybridized carbons (Fsp3) is 0.167. The van der Waals surface area contributed by atoms with Gasteiger partial charge in [-0.25, -0.2) is 0 Å². The summed E-state index contributed by atoms with van der Waals surface area (Å²) in [7, 11) is 0. The Bertz CT molecular complexity index is 3390. The molecule has 9 aromatic rings. The van der Waals surface area contributed by atoms with Crippen molar-refractivity contribution >= 4 is 78.0 Å².